The number of thiophene rings is 2. The second-order valence-electron chi connectivity index (χ2n) is 5.83. The predicted molar refractivity (Wildman–Crippen MR) is 96.4 cm³/mol. The topological polar surface area (TPSA) is 20.3 Å². The van der Waals surface area contributed by atoms with E-state index in [1.165, 1.54) is 20.9 Å². The molecule has 4 rings (SSSR count). The molecule has 3 aromatic rings. The molecule has 2 aromatic heterocycles. The number of carbonyl (C=O) groups excluding carboxylic acids is 1. The Bertz CT molecular complexity index is 817. The van der Waals surface area contributed by atoms with Gasteiger partial charge in [0, 0.05) is 21.9 Å². The van der Waals surface area contributed by atoms with Crippen LogP contribution in [0.5, 0.6) is 0 Å². The van der Waals surface area contributed by atoms with Crippen LogP contribution in [-0.4, -0.2) is 17.4 Å². The van der Waals surface area contributed by atoms with Crippen LogP contribution in [0.15, 0.2) is 53.2 Å². The molecule has 23 heavy (non-hydrogen) atoms. The Morgan fingerprint density at radius 1 is 1.09 bits per heavy atom. The highest BCUT2D eigenvalue weighted by molar-refractivity contribution is 7.10. The van der Waals surface area contributed by atoms with Crippen molar-refractivity contribution in [2.75, 3.05) is 6.54 Å². The van der Waals surface area contributed by atoms with Crippen molar-refractivity contribution >= 4 is 28.6 Å². The SMILES string of the molecule is Cc1ccc(C(=O)N2CCc3sccc3[C@@H]2c2cccs2)cc1. The number of rotatable bonds is 2. The van der Waals surface area contributed by atoms with Gasteiger partial charge in [0.05, 0.1) is 6.04 Å². The Morgan fingerprint density at radius 3 is 2.65 bits per heavy atom. The van der Waals surface area contributed by atoms with Gasteiger partial charge in [0.25, 0.3) is 5.91 Å². The van der Waals surface area contributed by atoms with Crippen molar-refractivity contribution in [3.8, 4) is 0 Å². The molecule has 1 aliphatic rings. The highest BCUT2D eigenvalue weighted by Crippen LogP contribution is 2.40. The minimum absolute atomic E-state index is 0.0544. The summed E-state index contributed by atoms with van der Waals surface area (Å²) in [5.41, 5.74) is 3.25. The van der Waals surface area contributed by atoms with Crippen molar-refractivity contribution in [2.24, 2.45) is 0 Å². The maximum absolute atomic E-state index is 13.1. The third kappa shape index (κ3) is 2.62. The number of benzene rings is 1. The van der Waals surface area contributed by atoms with Gasteiger partial charge in [-0.3, -0.25) is 4.79 Å². The van der Waals surface area contributed by atoms with Crippen LogP contribution in [0.25, 0.3) is 0 Å². The van der Waals surface area contributed by atoms with Crippen molar-refractivity contribution in [1.82, 2.24) is 4.90 Å². The maximum atomic E-state index is 13.1. The summed E-state index contributed by atoms with van der Waals surface area (Å²) in [4.78, 5) is 17.8. The van der Waals surface area contributed by atoms with Crippen LogP contribution >= 0.6 is 22.7 Å². The van der Waals surface area contributed by atoms with Crippen LogP contribution in [0.2, 0.25) is 0 Å². The van der Waals surface area contributed by atoms with Gasteiger partial charge in [-0.25, -0.2) is 0 Å². The first-order chi connectivity index (χ1) is 11.2. The second kappa shape index (κ2) is 5.95. The van der Waals surface area contributed by atoms with Gasteiger partial charge < -0.3 is 4.90 Å². The molecule has 0 spiro atoms. The van der Waals surface area contributed by atoms with E-state index in [2.05, 4.69) is 29.0 Å². The molecule has 0 fully saturated rings. The number of carbonyl (C=O) groups is 1. The van der Waals surface area contributed by atoms with E-state index >= 15 is 0 Å². The lowest BCUT2D eigenvalue weighted by molar-refractivity contribution is 0.0699. The maximum Gasteiger partial charge on any atom is 0.254 e. The first-order valence-electron chi connectivity index (χ1n) is 7.71. The van der Waals surface area contributed by atoms with E-state index in [0.29, 0.717) is 0 Å². The zero-order valence-corrected chi connectivity index (χ0v) is 14.5. The molecule has 4 heteroatoms. The Labute approximate surface area is 144 Å². The molecule has 1 aromatic carbocycles. The Hall–Kier alpha value is -1.91. The van der Waals surface area contributed by atoms with Crippen molar-refractivity contribution in [1.29, 1.82) is 0 Å². The average molecular weight is 339 g/mol. The molecule has 3 heterocycles. The number of hydrogen-bond donors (Lipinski definition) is 0. The van der Waals surface area contributed by atoms with Gasteiger partial charge in [0.15, 0.2) is 0 Å². The molecule has 1 aliphatic heterocycles. The molecule has 0 saturated heterocycles. The Balaban J connectivity index is 1.75. The van der Waals surface area contributed by atoms with E-state index in [4.69, 9.17) is 0 Å². The van der Waals surface area contributed by atoms with E-state index in [0.717, 1.165) is 18.5 Å². The van der Waals surface area contributed by atoms with Crippen LogP contribution < -0.4 is 0 Å². The fourth-order valence-corrected chi connectivity index (χ4v) is 4.91. The molecule has 0 unspecified atom stereocenters. The van der Waals surface area contributed by atoms with Crippen LogP contribution in [0.4, 0.5) is 0 Å². The van der Waals surface area contributed by atoms with E-state index < -0.39 is 0 Å². The third-order valence-electron chi connectivity index (χ3n) is 4.34. The molecular formula is C19H17NOS2. The van der Waals surface area contributed by atoms with Gasteiger partial charge in [-0.2, -0.15) is 0 Å². The van der Waals surface area contributed by atoms with Crippen molar-refractivity contribution < 1.29 is 4.79 Å². The Kier molecular flexibility index (Phi) is 3.79. The lowest BCUT2D eigenvalue weighted by Gasteiger charge is -2.35. The molecule has 1 amide bonds. The normalized spacial score (nSPS) is 17.1. The van der Waals surface area contributed by atoms with Crippen LogP contribution in [0.1, 0.15) is 37.3 Å². The van der Waals surface area contributed by atoms with Crippen molar-refractivity contribution in [3.05, 3.63) is 79.7 Å². The molecule has 0 N–H and O–H groups in total. The largest absolute Gasteiger partial charge is 0.326 e. The van der Waals surface area contributed by atoms with Gasteiger partial charge >= 0.3 is 0 Å². The van der Waals surface area contributed by atoms with Crippen LogP contribution in [0.3, 0.4) is 0 Å². The van der Waals surface area contributed by atoms with E-state index in [1.807, 2.05) is 36.1 Å². The standard InChI is InChI=1S/C19H17NOS2/c1-13-4-6-14(7-5-13)19(21)20-10-8-16-15(9-12-23-16)18(20)17-3-2-11-22-17/h2-7,9,11-12,18H,8,10H2,1H3/t18-/m1/s1. The van der Waals surface area contributed by atoms with E-state index in [9.17, 15) is 4.79 Å². The summed E-state index contributed by atoms with van der Waals surface area (Å²) in [6, 6.07) is 14.3. The zero-order valence-electron chi connectivity index (χ0n) is 12.9. The van der Waals surface area contributed by atoms with E-state index in [-0.39, 0.29) is 11.9 Å². The summed E-state index contributed by atoms with van der Waals surface area (Å²) in [7, 11) is 0. The first kappa shape index (κ1) is 14.7. The lowest BCUT2D eigenvalue weighted by Crippen LogP contribution is -2.39. The van der Waals surface area contributed by atoms with Crippen molar-refractivity contribution in [3.63, 3.8) is 0 Å². The number of amides is 1. The minimum Gasteiger partial charge on any atom is -0.326 e. The first-order valence-corrected chi connectivity index (χ1v) is 9.47. The molecular weight excluding hydrogens is 322 g/mol. The van der Waals surface area contributed by atoms with Gasteiger partial charge in [-0.1, -0.05) is 23.8 Å². The molecule has 116 valence electrons. The molecule has 0 radical (unpaired) electrons. The van der Waals surface area contributed by atoms with Gasteiger partial charge in [-0.15, -0.1) is 22.7 Å². The number of hydrogen-bond acceptors (Lipinski definition) is 3. The van der Waals surface area contributed by atoms with Gasteiger partial charge in [-0.05, 0) is 53.9 Å². The zero-order chi connectivity index (χ0) is 15.8. The molecule has 1 atom stereocenters. The molecule has 0 bridgehead atoms. The second-order valence-corrected chi connectivity index (χ2v) is 7.81. The smallest absolute Gasteiger partial charge is 0.254 e. The molecule has 2 nitrogen and oxygen atoms in total. The van der Waals surface area contributed by atoms with Crippen molar-refractivity contribution in [2.45, 2.75) is 19.4 Å². The molecule has 0 saturated carbocycles. The van der Waals surface area contributed by atoms with E-state index in [1.54, 1.807) is 22.7 Å². The van der Waals surface area contributed by atoms with Gasteiger partial charge in [0.2, 0.25) is 0 Å². The highest BCUT2D eigenvalue weighted by Gasteiger charge is 2.33. The quantitative estimate of drug-likeness (QED) is 0.650. The van der Waals surface area contributed by atoms with Crippen LogP contribution in [-0.2, 0) is 6.42 Å². The van der Waals surface area contributed by atoms with Crippen LogP contribution in [0, 0.1) is 6.92 Å². The summed E-state index contributed by atoms with van der Waals surface area (Å²) >= 11 is 3.53. The average Bonchev–Trinajstić information content (AvgIpc) is 3.25. The Morgan fingerprint density at radius 2 is 1.91 bits per heavy atom. The fourth-order valence-electron chi connectivity index (χ4n) is 3.15. The van der Waals surface area contributed by atoms with Gasteiger partial charge in [0.1, 0.15) is 0 Å². The summed E-state index contributed by atoms with van der Waals surface area (Å²) in [5, 5.41) is 4.23. The fraction of sp³-hybridized carbons (Fsp3) is 0.211. The third-order valence-corrected chi connectivity index (χ3v) is 6.26. The monoisotopic (exact) mass is 339 g/mol. The minimum atomic E-state index is 0.0544. The lowest BCUT2D eigenvalue weighted by atomic mass is 9.97. The molecule has 0 aliphatic carbocycles. The summed E-state index contributed by atoms with van der Waals surface area (Å²) < 4.78 is 0. The predicted octanol–water partition coefficient (Wildman–Crippen LogP) is 4.91. The summed E-state index contributed by atoms with van der Waals surface area (Å²) in [5.74, 6) is 0.125. The highest BCUT2D eigenvalue weighted by atomic mass is 32.1. The number of nitrogens with zero attached hydrogens (tertiary/aromatic N) is 1. The summed E-state index contributed by atoms with van der Waals surface area (Å²) in [6.45, 7) is 2.82. The number of fused-ring (bicyclic) bond motifs is 1. The summed E-state index contributed by atoms with van der Waals surface area (Å²) in [6.07, 6.45) is 0.951. The number of aryl methyl sites for hydroxylation is 1.